The van der Waals surface area contributed by atoms with E-state index in [9.17, 15) is 19.5 Å². The first kappa shape index (κ1) is 16.5. The first-order chi connectivity index (χ1) is 10.0. The van der Waals surface area contributed by atoms with Crippen molar-refractivity contribution >= 4 is 40.6 Å². The Bertz CT molecular complexity index is 432. The molecule has 0 aromatic carbocycles. The minimum atomic E-state index is -0.942. The molecule has 0 saturated carbocycles. The lowest BCUT2D eigenvalue weighted by Gasteiger charge is -2.28. The zero-order chi connectivity index (χ0) is 15.4. The molecule has 0 radical (unpaired) electrons. The van der Waals surface area contributed by atoms with Gasteiger partial charge in [0.1, 0.15) is 6.04 Å². The largest absolute Gasteiger partial charge is 0.480 e. The lowest BCUT2D eigenvalue weighted by atomic mass is 10.2. The summed E-state index contributed by atoms with van der Waals surface area (Å²) in [4.78, 5) is 38.4. The summed E-state index contributed by atoms with van der Waals surface area (Å²) in [5, 5.41) is 9.23. The van der Waals surface area contributed by atoms with Crippen molar-refractivity contribution in [1.29, 1.82) is 0 Å². The number of nitrogens with zero attached hydrogens (tertiary/aromatic N) is 2. The van der Waals surface area contributed by atoms with Gasteiger partial charge < -0.3 is 14.9 Å². The second-order valence-electron chi connectivity index (χ2n) is 5.08. The maximum absolute atomic E-state index is 12.4. The number of hydrogen-bond donors (Lipinski definition) is 1. The van der Waals surface area contributed by atoms with Gasteiger partial charge in [-0.15, -0.1) is 11.8 Å². The molecule has 0 aliphatic carbocycles. The summed E-state index contributed by atoms with van der Waals surface area (Å²) in [6.07, 6.45) is 1.92. The third-order valence-corrected chi connectivity index (χ3v) is 5.89. The molecule has 0 spiro atoms. The lowest BCUT2D eigenvalue weighted by Crippen LogP contribution is -2.46. The molecule has 0 aromatic heterocycles. The molecule has 2 fully saturated rings. The van der Waals surface area contributed by atoms with E-state index in [1.54, 1.807) is 4.90 Å². The number of carboxylic acid groups (broad SMARTS) is 1. The predicted molar refractivity (Wildman–Crippen MR) is 83.5 cm³/mol. The fourth-order valence-corrected chi connectivity index (χ4v) is 4.93. The molecule has 6 nitrogen and oxygen atoms in total. The Labute approximate surface area is 132 Å². The smallest absolute Gasteiger partial charge is 0.327 e. The van der Waals surface area contributed by atoms with Gasteiger partial charge in [0, 0.05) is 31.0 Å². The normalized spacial score (nSPS) is 25.7. The van der Waals surface area contributed by atoms with Gasteiger partial charge in [0.05, 0.1) is 5.37 Å². The Morgan fingerprint density at radius 3 is 2.76 bits per heavy atom. The van der Waals surface area contributed by atoms with Gasteiger partial charge in [-0.3, -0.25) is 9.59 Å². The quantitative estimate of drug-likeness (QED) is 0.798. The highest BCUT2D eigenvalue weighted by Crippen LogP contribution is 2.33. The summed E-state index contributed by atoms with van der Waals surface area (Å²) in [6, 6.07) is -0.734. The van der Waals surface area contributed by atoms with Gasteiger partial charge in [-0.25, -0.2) is 4.79 Å². The molecule has 8 heteroatoms. The van der Waals surface area contributed by atoms with Crippen LogP contribution >= 0.6 is 23.5 Å². The van der Waals surface area contributed by atoms with Crippen LogP contribution in [0.5, 0.6) is 0 Å². The maximum Gasteiger partial charge on any atom is 0.327 e. The molecular weight excluding hydrogens is 312 g/mol. The highest BCUT2D eigenvalue weighted by atomic mass is 32.2. The van der Waals surface area contributed by atoms with E-state index in [0.29, 0.717) is 18.8 Å². The third kappa shape index (κ3) is 3.85. The predicted octanol–water partition coefficient (Wildman–Crippen LogP) is 1.70. The van der Waals surface area contributed by atoms with E-state index < -0.39 is 12.0 Å². The molecule has 21 heavy (non-hydrogen) atoms. The second-order valence-corrected chi connectivity index (χ2v) is 7.34. The molecule has 1 N–H and O–H groups in total. The van der Waals surface area contributed by atoms with Gasteiger partial charge in [-0.2, -0.15) is 0 Å². The summed E-state index contributed by atoms with van der Waals surface area (Å²) in [5.74, 6) is 0.116. The van der Waals surface area contributed by atoms with E-state index in [1.165, 1.54) is 28.4 Å². The fraction of sp³-hybridized carbons (Fsp3) is 0.769. The average Bonchev–Trinajstić information content (AvgIpc) is 3.03. The van der Waals surface area contributed by atoms with Crippen molar-refractivity contribution in [3.8, 4) is 0 Å². The number of rotatable bonds is 6. The van der Waals surface area contributed by atoms with E-state index in [-0.39, 0.29) is 22.9 Å². The van der Waals surface area contributed by atoms with Gasteiger partial charge in [-0.1, -0.05) is 25.1 Å². The summed E-state index contributed by atoms with van der Waals surface area (Å²) in [5.41, 5.74) is 0. The van der Waals surface area contributed by atoms with Gasteiger partial charge in [0.25, 0.3) is 5.24 Å². The van der Waals surface area contributed by atoms with Gasteiger partial charge in [-0.05, 0) is 6.42 Å². The molecule has 118 valence electrons. The Morgan fingerprint density at radius 1 is 1.43 bits per heavy atom. The van der Waals surface area contributed by atoms with Crippen molar-refractivity contribution in [3.05, 3.63) is 0 Å². The van der Waals surface area contributed by atoms with E-state index in [4.69, 9.17) is 0 Å². The highest BCUT2D eigenvalue weighted by molar-refractivity contribution is 8.13. The van der Waals surface area contributed by atoms with Gasteiger partial charge >= 0.3 is 5.97 Å². The molecule has 2 heterocycles. The summed E-state index contributed by atoms with van der Waals surface area (Å²) in [7, 11) is 0. The number of carbonyl (C=O) groups excluding carboxylic acids is 2. The fourth-order valence-electron chi connectivity index (χ4n) is 2.55. The lowest BCUT2D eigenvalue weighted by molar-refractivity contribution is -0.149. The van der Waals surface area contributed by atoms with E-state index in [0.717, 1.165) is 18.6 Å². The van der Waals surface area contributed by atoms with Crippen LogP contribution in [0, 0.1) is 0 Å². The Kier molecular flexibility index (Phi) is 5.80. The molecule has 2 amide bonds. The van der Waals surface area contributed by atoms with Crippen molar-refractivity contribution in [2.24, 2.45) is 0 Å². The molecule has 2 aliphatic heterocycles. The average molecular weight is 332 g/mol. The third-order valence-electron chi connectivity index (χ3n) is 3.64. The standard InChI is InChI=1S/C13H20N2O4S2/c1-2-3-11-15(9(8-21-11)12(17)18)10(16)4-5-14-6-7-20-13(14)19/h9,11H,2-8H2,1H3,(H,17,18). The van der Waals surface area contributed by atoms with Crippen molar-refractivity contribution in [2.45, 2.75) is 37.6 Å². The van der Waals surface area contributed by atoms with E-state index in [1.807, 2.05) is 6.92 Å². The summed E-state index contributed by atoms with van der Waals surface area (Å²) >= 11 is 2.81. The van der Waals surface area contributed by atoms with Gasteiger partial charge in [0.2, 0.25) is 5.91 Å². The highest BCUT2D eigenvalue weighted by Gasteiger charge is 2.41. The molecule has 0 bridgehead atoms. The summed E-state index contributed by atoms with van der Waals surface area (Å²) in [6.45, 7) is 3.08. The molecule has 2 unspecified atom stereocenters. The van der Waals surface area contributed by atoms with Crippen molar-refractivity contribution in [2.75, 3.05) is 24.6 Å². The molecular formula is C13H20N2O4S2. The van der Waals surface area contributed by atoms with Crippen molar-refractivity contribution < 1.29 is 19.5 Å². The minimum absolute atomic E-state index is 0.0125. The van der Waals surface area contributed by atoms with Crippen LogP contribution in [0.4, 0.5) is 4.79 Å². The number of aliphatic carboxylic acids is 1. The number of amides is 2. The number of carbonyl (C=O) groups is 3. The molecule has 2 aliphatic rings. The number of carboxylic acids is 1. The van der Waals surface area contributed by atoms with Crippen LogP contribution in [-0.2, 0) is 9.59 Å². The maximum atomic E-state index is 12.4. The van der Waals surface area contributed by atoms with E-state index in [2.05, 4.69) is 0 Å². The zero-order valence-corrected chi connectivity index (χ0v) is 13.6. The first-order valence-corrected chi connectivity index (χ1v) is 9.15. The summed E-state index contributed by atoms with van der Waals surface area (Å²) < 4.78 is 0. The van der Waals surface area contributed by atoms with Crippen LogP contribution in [0.15, 0.2) is 0 Å². The Morgan fingerprint density at radius 2 is 2.19 bits per heavy atom. The molecule has 2 atom stereocenters. The SMILES string of the molecule is CCCC1SCC(C(=O)O)N1C(=O)CCN1CCSC1=O. The number of thioether (sulfide) groups is 2. The topological polar surface area (TPSA) is 77.9 Å². The van der Waals surface area contributed by atoms with Crippen LogP contribution in [0.25, 0.3) is 0 Å². The van der Waals surface area contributed by atoms with Crippen LogP contribution in [0.3, 0.4) is 0 Å². The molecule has 2 saturated heterocycles. The second kappa shape index (κ2) is 7.40. The zero-order valence-electron chi connectivity index (χ0n) is 12.0. The van der Waals surface area contributed by atoms with Crippen LogP contribution in [-0.4, -0.2) is 68.0 Å². The van der Waals surface area contributed by atoms with Gasteiger partial charge in [0.15, 0.2) is 0 Å². The Balaban J connectivity index is 1.96. The minimum Gasteiger partial charge on any atom is -0.480 e. The van der Waals surface area contributed by atoms with Crippen molar-refractivity contribution in [3.63, 3.8) is 0 Å². The molecule has 0 aromatic rings. The number of hydrogen-bond acceptors (Lipinski definition) is 5. The monoisotopic (exact) mass is 332 g/mol. The van der Waals surface area contributed by atoms with Crippen LogP contribution in [0.1, 0.15) is 26.2 Å². The first-order valence-electron chi connectivity index (χ1n) is 7.12. The van der Waals surface area contributed by atoms with Crippen LogP contribution in [0.2, 0.25) is 0 Å². The van der Waals surface area contributed by atoms with Crippen molar-refractivity contribution in [1.82, 2.24) is 9.80 Å². The van der Waals surface area contributed by atoms with E-state index >= 15 is 0 Å². The van der Waals surface area contributed by atoms with Crippen LogP contribution < -0.4 is 0 Å². The Hall–Kier alpha value is -0.890. The molecule has 2 rings (SSSR count).